The third-order valence-corrected chi connectivity index (χ3v) is 2.40. The summed E-state index contributed by atoms with van der Waals surface area (Å²) in [7, 11) is 0. The third kappa shape index (κ3) is 6.11. The molecule has 0 heterocycles. The Morgan fingerprint density at radius 3 is 2.57 bits per heavy atom. The largest absolute Gasteiger partial charge is 0.492 e. The second kappa shape index (κ2) is 6.92. The number of alkyl carbamates (subject to hydrolysis) is 1. The summed E-state index contributed by atoms with van der Waals surface area (Å²) < 4.78 is 10.5. The maximum Gasteiger partial charge on any atom is 0.407 e. The minimum atomic E-state index is -0.541. The molecular formula is C14H20N2O5. The van der Waals surface area contributed by atoms with Crippen LogP contribution in [0.15, 0.2) is 18.2 Å². The third-order valence-electron chi connectivity index (χ3n) is 2.40. The zero-order valence-corrected chi connectivity index (χ0v) is 12.6. The van der Waals surface area contributed by atoms with Crippen molar-refractivity contribution in [3.05, 3.63) is 33.9 Å². The van der Waals surface area contributed by atoms with Crippen LogP contribution in [0.25, 0.3) is 0 Å². The predicted molar refractivity (Wildman–Crippen MR) is 77.6 cm³/mol. The van der Waals surface area contributed by atoms with Crippen LogP contribution in [0.3, 0.4) is 0 Å². The van der Waals surface area contributed by atoms with Crippen LogP contribution >= 0.6 is 0 Å². The summed E-state index contributed by atoms with van der Waals surface area (Å²) >= 11 is 0. The van der Waals surface area contributed by atoms with E-state index >= 15 is 0 Å². The summed E-state index contributed by atoms with van der Waals surface area (Å²) in [4.78, 5) is 21.6. The van der Waals surface area contributed by atoms with Crippen molar-refractivity contribution in [1.82, 2.24) is 5.32 Å². The molecule has 0 bridgehead atoms. The maximum absolute atomic E-state index is 11.4. The molecule has 0 unspecified atom stereocenters. The van der Waals surface area contributed by atoms with Crippen LogP contribution in [0.2, 0.25) is 0 Å². The highest BCUT2D eigenvalue weighted by Gasteiger charge is 2.15. The molecule has 1 rings (SSSR count). The van der Waals surface area contributed by atoms with Crippen molar-refractivity contribution in [1.29, 1.82) is 0 Å². The minimum absolute atomic E-state index is 0.0502. The monoisotopic (exact) mass is 296 g/mol. The van der Waals surface area contributed by atoms with Gasteiger partial charge in [0.1, 0.15) is 18.0 Å². The smallest absolute Gasteiger partial charge is 0.407 e. The molecule has 0 aliphatic rings. The van der Waals surface area contributed by atoms with Gasteiger partial charge in [0, 0.05) is 11.6 Å². The van der Waals surface area contributed by atoms with Crippen LogP contribution in [0.5, 0.6) is 5.75 Å². The number of carbonyl (C=O) groups is 1. The Labute approximate surface area is 123 Å². The van der Waals surface area contributed by atoms with Crippen molar-refractivity contribution < 1.29 is 19.2 Å². The Balaban J connectivity index is 2.38. The summed E-state index contributed by atoms with van der Waals surface area (Å²) in [5, 5.41) is 13.2. The molecule has 1 aromatic carbocycles. The van der Waals surface area contributed by atoms with Gasteiger partial charge in [-0.1, -0.05) is 0 Å². The number of aryl methyl sites for hydroxylation is 1. The number of nitrogens with zero attached hydrogens (tertiary/aromatic N) is 1. The number of amides is 1. The lowest BCUT2D eigenvalue weighted by Crippen LogP contribution is -2.34. The molecule has 1 aromatic rings. The zero-order valence-electron chi connectivity index (χ0n) is 12.6. The lowest BCUT2D eigenvalue weighted by atomic mass is 10.2. The summed E-state index contributed by atoms with van der Waals surface area (Å²) in [6.45, 7) is 7.51. The number of hydrogen-bond acceptors (Lipinski definition) is 5. The zero-order chi connectivity index (χ0) is 16.0. The highest BCUT2D eigenvalue weighted by atomic mass is 16.6. The Bertz CT molecular complexity index is 523. The first kappa shape index (κ1) is 16.7. The van der Waals surface area contributed by atoms with E-state index in [2.05, 4.69) is 5.32 Å². The SMILES string of the molecule is Cc1cc(OCCNC(=O)OC(C)(C)C)ccc1[N+](=O)[O-]. The average Bonchev–Trinajstić information content (AvgIpc) is 2.32. The Morgan fingerprint density at radius 2 is 2.05 bits per heavy atom. The molecule has 1 amide bonds. The van der Waals surface area contributed by atoms with E-state index in [1.54, 1.807) is 33.8 Å². The Morgan fingerprint density at radius 1 is 1.38 bits per heavy atom. The number of nitro groups is 1. The van der Waals surface area contributed by atoms with Gasteiger partial charge in [0.25, 0.3) is 5.69 Å². The molecule has 0 saturated heterocycles. The second-order valence-corrected chi connectivity index (χ2v) is 5.48. The number of carbonyl (C=O) groups excluding carboxylic acids is 1. The lowest BCUT2D eigenvalue weighted by Gasteiger charge is -2.19. The first-order chi connectivity index (χ1) is 9.69. The van der Waals surface area contributed by atoms with Gasteiger partial charge >= 0.3 is 6.09 Å². The van der Waals surface area contributed by atoms with Crippen LogP contribution < -0.4 is 10.1 Å². The fraction of sp³-hybridized carbons (Fsp3) is 0.500. The highest BCUT2D eigenvalue weighted by molar-refractivity contribution is 5.67. The van der Waals surface area contributed by atoms with Gasteiger partial charge in [0.2, 0.25) is 0 Å². The number of nitro benzene ring substituents is 1. The van der Waals surface area contributed by atoms with E-state index in [0.717, 1.165) is 0 Å². The molecule has 0 aliphatic heterocycles. The first-order valence-corrected chi connectivity index (χ1v) is 6.54. The van der Waals surface area contributed by atoms with E-state index in [-0.39, 0.29) is 18.8 Å². The number of nitrogens with one attached hydrogen (secondary N) is 1. The molecule has 7 nitrogen and oxygen atoms in total. The molecule has 21 heavy (non-hydrogen) atoms. The topological polar surface area (TPSA) is 90.7 Å². The number of benzene rings is 1. The Hall–Kier alpha value is -2.31. The van der Waals surface area contributed by atoms with Crippen LogP contribution in [-0.2, 0) is 4.74 Å². The van der Waals surface area contributed by atoms with Crippen molar-refractivity contribution in [3.63, 3.8) is 0 Å². The molecule has 0 atom stereocenters. The maximum atomic E-state index is 11.4. The molecule has 0 fully saturated rings. The summed E-state index contributed by atoms with van der Waals surface area (Å²) in [6, 6.07) is 4.51. The fourth-order valence-electron chi connectivity index (χ4n) is 1.56. The van der Waals surface area contributed by atoms with Gasteiger partial charge in [-0.05, 0) is 39.8 Å². The number of ether oxygens (including phenoxy) is 2. The molecular weight excluding hydrogens is 276 g/mol. The lowest BCUT2D eigenvalue weighted by molar-refractivity contribution is -0.385. The number of hydrogen-bond donors (Lipinski definition) is 1. The van der Waals surface area contributed by atoms with Gasteiger partial charge in [0.15, 0.2) is 0 Å². The van der Waals surface area contributed by atoms with E-state index in [9.17, 15) is 14.9 Å². The van der Waals surface area contributed by atoms with Gasteiger partial charge in [-0.2, -0.15) is 0 Å². The molecule has 0 spiro atoms. The van der Waals surface area contributed by atoms with Crippen molar-refractivity contribution in [3.8, 4) is 5.75 Å². The van der Waals surface area contributed by atoms with Gasteiger partial charge in [-0.3, -0.25) is 10.1 Å². The quantitative estimate of drug-likeness (QED) is 0.512. The fourth-order valence-corrected chi connectivity index (χ4v) is 1.56. The molecule has 0 saturated carbocycles. The van der Waals surface area contributed by atoms with Crippen molar-refractivity contribution in [2.45, 2.75) is 33.3 Å². The molecule has 7 heteroatoms. The molecule has 0 aromatic heterocycles. The van der Waals surface area contributed by atoms with Crippen LogP contribution in [0.4, 0.5) is 10.5 Å². The molecule has 116 valence electrons. The van der Waals surface area contributed by atoms with Crippen LogP contribution in [0, 0.1) is 17.0 Å². The normalized spacial score (nSPS) is 10.9. The summed E-state index contributed by atoms with van der Waals surface area (Å²) in [5.74, 6) is 0.518. The average molecular weight is 296 g/mol. The van der Waals surface area contributed by atoms with Gasteiger partial charge in [-0.15, -0.1) is 0 Å². The van der Waals surface area contributed by atoms with Crippen molar-refractivity contribution in [2.75, 3.05) is 13.2 Å². The van der Waals surface area contributed by atoms with E-state index in [1.807, 2.05) is 0 Å². The molecule has 0 aliphatic carbocycles. The minimum Gasteiger partial charge on any atom is -0.492 e. The van der Waals surface area contributed by atoms with Crippen molar-refractivity contribution >= 4 is 11.8 Å². The second-order valence-electron chi connectivity index (χ2n) is 5.48. The summed E-state index contributed by atoms with van der Waals surface area (Å²) in [5.41, 5.74) is 0.0345. The van der Waals surface area contributed by atoms with Gasteiger partial charge in [0.05, 0.1) is 11.5 Å². The standard InChI is InChI=1S/C14H20N2O5/c1-10-9-11(5-6-12(10)16(18)19)20-8-7-15-13(17)21-14(2,3)4/h5-6,9H,7-8H2,1-4H3,(H,15,17). The van der Waals surface area contributed by atoms with Gasteiger partial charge < -0.3 is 14.8 Å². The van der Waals surface area contributed by atoms with Crippen LogP contribution in [-0.4, -0.2) is 29.8 Å². The molecule has 0 radical (unpaired) electrons. The van der Waals surface area contributed by atoms with Crippen LogP contribution in [0.1, 0.15) is 26.3 Å². The van der Waals surface area contributed by atoms with Gasteiger partial charge in [-0.25, -0.2) is 4.79 Å². The Kier molecular flexibility index (Phi) is 5.52. The molecule has 1 N–H and O–H groups in total. The highest BCUT2D eigenvalue weighted by Crippen LogP contribution is 2.22. The predicted octanol–water partition coefficient (Wildman–Crippen LogP) is 2.81. The van der Waals surface area contributed by atoms with E-state index in [4.69, 9.17) is 9.47 Å². The number of rotatable bonds is 5. The van der Waals surface area contributed by atoms with E-state index in [0.29, 0.717) is 11.3 Å². The van der Waals surface area contributed by atoms with E-state index < -0.39 is 16.6 Å². The summed E-state index contributed by atoms with van der Waals surface area (Å²) in [6.07, 6.45) is -0.508. The van der Waals surface area contributed by atoms with Crippen molar-refractivity contribution in [2.24, 2.45) is 0 Å². The van der Waals surface area contributed by atoms with E-state index in [1.165, 1.54) is 12.1 Å². The first-order valence-electron chi connectivity index (χ1n) is 6.54.